The van der Waals surface area contributed by atoms with Crippen LogP contribution in [0.25, 0.3) is 0 Å². The van der Waals surface area contributed by atoms with Crippen LogP contribution in [0, 0.1) is 11.8 Å². The molecule has 0 bridgehead atoms. The van der Waals surface area contributed by atoms with Crippen LogP contribution in [0.1, 0.15) is 39.2 Å². The molecule has 1 saturated carbocycles. The van der Waals surface area contributed by atoms with Gasteiger partial charge in [-0.2, -0.15) is 0 Å². The first-order valence-electron chi connectivity index (χ1n) is 7.06. The van der Waals surface area contributed by atoms with Gasteiger partial charge >= 0.3 is 0 Å². The molecule has 1 aromatic carbocycles. The largest absolute Gasteiger partial charge is 0.316 e. The summed E-state index contributed by atoms with van der Waals surface area (Å²) in [7, 11) is 0. The summed E-state index contributed by atoms with van der Waals surface area (Å²) < 4.78 is 1.27. The molecule has 0 aliphatic heterocycles. The van der Waals surface area contributed by atoms with E-state index >= 15 is 0 Å². The van der Waals surface area contributed by atoms with Crippen molar-refractivity contribution in [3.05, 3.63) is 34.3 Å². The van der Waals surface area contributed by atoms with E-state index in [-0.39, 0.29) is 0 Å². The standard InChI is InChI=1S/C16H24BrN/c1-4-13-9-16(13,11-18-10-12(2)3)14-7-5-6-8-15(14)17/h5-8,12-13,18H,4,9-11H2,1-3H3. The summed E-state index contributed by atoms with van der Waals surface area (Å²) in [5.41, 5.74) is 1.87. The van der Waals surface area contributed by atoms with E-state index in [2.05, 4.69) is 66.3 Å². The molecule has 1 aliphatic rings. The van der Waals surface area contributed by atoms with E-state index in [4.69, 9.17) is 0 Å². The SMILES string of the molecule is CCC1CC1(CNCC(C)C)c1ccccc1Br. The molecule has 0 radical (unpaired) electrons. The van der Waals surface area contributed by atoms with Crippen LogP contribution in [0.3, 0.4) is 0 Å². The van der Waals surface area contributed by atoms with Gasteiger partial charge in [0.25, 0.3) is 0 Å². The van der Waals surface area contributed by atoms with Crippen LogP contribution >= 0.6 is 15.9 Å². The number of nitrogens with one attached hydrogen (secondary N) is 1. The summed E-state index contributed by atoms with van der Waals surface area (Å²) >= 11 is 3.72. The van der Waals surface area contributed by atoms with E-state index in [0.29, 0.717) is 5.41 Å². The first-order chi connectivity index (χ1) is 8.60. The lowest BCUT2D eigenvalue weighted by Crippen LogP contribution is -2.31. The molecule has 0 amide bonds. The minimum absolute atomic E-state index is 0.379. The fraction of sp³-hybridized carbons (Fsp3) is 0.625. The molecule has 2 heteroatoms. The monoisotopic (exact) mass is 309 g/mol. The van der Waals surface area contributed by atoms with Crippen LogP contribution < -0.4 is 5.32 Å². The predicted octanol–water partition coefficient (Wildman–Crippen LogP) is 4.36. The summed E-state index contributed by atoms with van der Waals surface area (Å²) in [4.78, 5) is 0. The highest BCUT2D eigenvalue weighted by Crippen LogP contribution is 2.57. The number of benzene rings is 1. The molecule has 1 aliphatic carbocycles. The minimum Gasteiger partial charge on any atom is -0.316 e. The van der Waals surface area contributed by atoms with Crippen LogP contribution in [0.4, 0.5) is 0 Å². The van der Waals surface area contributed by atoms with E-state index < -0.39 is 0 Å². The molecular weight excluding hydrogens is 286 g/mol. The van der Waals surface area contributed by atoms with Crippen LogP contribution in [0.5, 0.6) is 0 Å². The van der Waals surface area contributed by atoms with Gasteiger partial charge in [-0.15, -0.1) is 0 Å². The Labute approximate surface area is 119 Å². The molecule has 1 fully saturated rings. The Balaban J connectivity index is 2.11. The topological polar surface area (TPSA) is 12.0 Å². The van der Waals surface area contributed by atoms with E-state index in [1.807, 2.05) is 0 Å². The van der Waals surface area contributed by atoms with Crippen molar-refractivity contribution < 1.29 is 0 Å². The Hall–Kier alpha value is -0.340. The van der Waals surface area contributed by atoms with Gasteiger partial charge in [0.1, 0.15) is 0 Å². The molecule has 2 atom stereocenters. The van der Waals surface area contributed by atoms with Gasteiger partial charge in [-0.05, 0) is 36.4 Å². The van der Waals surface area contributed by atoms with Crippen molar-refractivity contribution in [3.8, 4) is 0 Å². The summed E-state index contributed by atoms with van der Waals surface area (Å²) in [5.74, 6) is 1.57. The van der Waals surface area contributed by atoms with E-state index in [1.54, 1.807) is 0 Å². The third-order valence-corrected chi connectivity index (χ3v) is 4.82. The molecule has 1 nitrogen and oxygen atoms in total. The molecule has 0 spiro atoms. The molecule has 2 rings (SSSR count). The van der Waals surface area contributed by atoms with Crippen molar-refractivity contribution in [3.63, 3.8) is 0 Å². The van der Waals surface area contributed by atoms with E-state index in [0.717, 1.165) is 24.9 Å². The van der Waals surface area contributed by atoms with Gasteiger partial charge in [0.2, 0.25) is 0 Å². The fourth-order valence-electron chi connectivity index (χ4n) is 3.01. The van der Waals surface area contributed by atoms with Crippen molar-refractivity contribution >= 4 is 15.9 Å². The number of hydrogen-bond donors (Lipinski definition) is 1. The van der Waals surface area contributed by atoms with E-state index in [9.17, 15) is 0 Å². The Bertz CT molecular complexity index is 402. The third-order valence-electron chi connectivity index (χ3n) is 4.13. The summed E-state index contributed by atoms with van der Waals surface area (Å²) in [6, 6.07) is 8.73. The van der Waals surface area contributed by atoms with Crippen molar-refractivity contribution in [1.29, 1.82) is 0 Å². The molecular formula is C16H24BrN. The normalized spacial score (nSPS) is 26.6. The maximum absolute atomic E-state index is 3.72. The summed E-state index contributed by atoms with van der Waals surface area (Å²) in [6.45, 7) is 9.07. The fourth-order valence-corrected chi connectivity index (χ4v) is 3.69. The van der Waals surface area contributed by atoms with Gasteiger partial charge in [0.05, 0.1) is 0 Å². The Morgan fingerprint density at radius 3 is 2.67 bits per heavy atom. The van der Waals surface area contributed by atoms with Crippen LogP contribution in [0.2, 0.25) is 0 Å². The highest BCUT2D eigenvalue weighted by molar-refractivity contribution is 9.10. The van der Waals surface area contributed by atoms with Crippen molar-refractivity contribution in [2.75, 3.05) is 13.1 Å². The predicted molar refractivity (Wildman–Crippen MR) is 81.9 cm³/mol. The quantitative estimate of drug-likeness (QED) is 0.823. The lowest BCUT2D eigenvalue weighted by Gasteiger charge is -2.21. The first-order valence-corrected chi connectivity index (χ1v) is 7.85. The van der Waals surface area contributed by atoms with Gasteiger partial charge in [-0.3, -0.25) is 0 Å². The van der Waals surface area contributed by atoms with Crippen LogP contribution in [-0.4, -0.2) is 13.1 Å². The Kier molecular flexibility index (Phi) is 4.50. The Morgan fingerprint density at radius 1 is 1.39 bits per heavy atom. The van der Waals surface area contributed by atoms with Gasteiger partial charge in [-0.1, -0.05) is 61.3 Å². The molecule has 0 heterocycles. The summed E-state index contributed by atoms with van der Waals surface area (Å²) in [6.07, 6.45) is 2.61. The number of halogens is 1. The van der Waals surface area contributed by atoms with Gasteiger partial charge in [0.15, 0.2) is 0 Å². The maximum atomic E-state index is 3.72. The first kappa shape index (κ1) is 14.1. The molecule has 0 saturated heterocycles. The average molecular weight is 310 g/mol. The lowest BCUT2D eigenvalue weighted by atomic mass is 9.92. The highest BCUT2D eigenvalue weighted by Gasteiger charge is 2.54. The molecule has 2 unspecified atom stereocenters. The van der Waals surface area contributed by atoms with Crippen molar-refractivity contribution in [2.24, 2.45) is 11.8 Å². The van der Waals surface area contributed by atoms with Crippen LogP contribution in [0.15, 0.2) is 28.7 Å². The second-order valence-corrected chi connectivity index (χ2v) is 6.82. The smallest absolute Gasteiger partial charge is 0.0213 e. The van der Waals surface area contributed by atoms with Gasteiger partial charge in [0, 0.05) is 16.4 Å². The van der Waals surface area contributed by atoms with Crippen molar-refractivity contribution in [1.82, 2.24) is 5.32 Å². The molecule has 0 aromatic heterocycles. The molecule has 1 N–H and O–H groups in total. The lowest BCUT2D eigenvalue weighted by molar-refractivity contribution is 0.482. The molecule has 18 heavy (non-hydrogen) atoms. The van der Waals surface area contributed by atoms with Gasteiger partial charge in [-0.25, -0.2) is 0 Å². The highest BCUT2D eigenvalue weighted by atomic mass is 79.9. The van der Waals surface area contributed by atoms with Gasteiger partial charge < -0.3 is 5.32 Å². The third kappa shape index (κ3) is 2.80. The zero-order chi connectivity index (χ0) is 13.2. The van der Waals surface area contributed by atoms with Crippen LogP contribution in [-0.2, 0) is 5.41 Å². The number of rotatable bonds is 6. The second-order valence-electron chi connectivity index (χ2n) is 5.97. The Morgan fingerprint density at radius 2 is 2.11 bits per heavy atom. The van der Waals surface area contributed by atoms with E-state index in [1.165, 1.54) is 22.9 Å². The molecule has 1 aromatic rings. The van der Waals surface area contributed by atoms with Crippen molar-refractivity contribution in [2.45, 2.75) is 39.0 Å². The zero-order valence-electron chi connectivity index (χ0n) is 11.7. The second kappa shape index (κ2) is 5.75. The average Bonchev–Trinajstić information content (AvgIpc) is 3.04. The minimum atomic E-state index is 0.379. The molecule has 100 valence electrons. The number of hydrogen-bond acceptors (Lipinski definition) is 1. The summed E-state index contributed by atoms with van der Waals surface area (Å²) in [5, 5.41) is 3.66. The maximum Gasteiger partial charge on any atom is 0.0213 e. The zero-order valence-corrected chi connectivity index (χ0v) is 13.3.